The lowest BCUT2D eigenvalue weighted by atomic mass is 9.61. The lowest BCUT2D eigenvalue weighted by Gasteiger charge is -2.44. The minimum absolute atomic E-state index is 0.278. The first-order valence-corrected chi connectivity index (χ1v) is 12.1. The molecule has 0 aromatic heterocycles. The van der Waals surface area contributed by atoms with Gasteiger partial charge in [-0.1, -0.05) is 50.3 Å². The highest BCUT2D eigenvalue weighted by Gasteiger charge is 2.50. The number of ether oxygens (including phenoxy) is 1. The third-order valence-corrected chi connectivity index (χ3v) is 8.76. The number of epoxide rings is 1. The molecule has 0 amide bonds. The van der Waals surface area contributed by atoms with Gasteiger partial charge in [-0.3, -0.25) is 0 Å². The van der Waals surface area contributed by atoms with Crippen molar-refractivity contribution in [2.45, 2.75) is 89.6 Å². The van der Waals surface area contributed by atoms with Gasteiger partial charge in [0.2, 0.25) is 0 Å². The van der Waals surface area contributed by atoms with E-state index in [1.54, 1.807) is 0 Å². The van der Waals surface area contributed by atoms with E-state index in [2.05, 4.69) is 38.7 Å². The third kappa shape index (κ3) is 4.50. The third-order valence-electron chi connectivity index (χ3n) is 8.76. The van der Waals surface area contributed by atoms with Gasteiger partial charge in [0.1, 0.15) is 11.7 Å². The molecule has 3 aliphatic carbocycles. The van der Waals surface area contributed by atoms with Gasteiger partial charge >= 0.3 is 0 Å². The molecule has 0 unspecified atom stereocenters. The molecule has 0 aromatic rings. The van der Waals surface area contributed by atoms with Crippen LogP contribution in [-0.2, 0) is 4.74 Å². The molecular weight excluding hydrogens is 388 g/mol. The molecule has 0 spiro atoms. The molecule has 3 saturated carbocycles. The van der Waals surface area contributed by atoms with Crippen molar-refractivity contribution >= 4 is 0 Å². The Morgan fingerprint density at radius 3 is 2.61 bits per heavy atom. The molecule has 0 aromatic carbocycles. The van der Waals surface area contributed by atoms with Gasteiger partial charge in [0.05, 0.1) is 18.8 Å². The van der Waals surface area contributed by atoms with E-state index in [4.69, 9.17) is 4.74 Å². The fraction of sp³-hybridized carbons (Fsp3) is 0.704. The van der Waals surface area contributed by atoms with Crippen LogP contribution in [0.2, 0.25) is 0 Å². The van der Waals surface area contributed by atoms with Crippen LogP contribution in [0.15, 0.2) is 47.6 Å². The molecule has 4 aliphatic rings. The van der Waals surface area contributed by atoms with E-state index in [1.807, 2.05) is 13.0 Å². The molecule has 8 atom stereocenters. The lowest BCUT2D eigenvalue weighted by molar-refractivity contribution is 0.0862. The molecule has 4 nitrogen and oxygen atoms in total. The second kappa shape index (κ2) is 8.62. The van der Waals surface area contributed by atoms with E-state index in [1.165, 1.54) is 31.3 Å². The van der Waals surface area contributed by atoms with Gasteiger partial charge in [-0.05, 0) is 79.8 Å². The maximum atomic E-state index is 10.4. The number of aliphatic hydroxyl groups is 3. The summed E-state index contributed by atoms with van der Waals surface area (Å²) in [6, 6.07) is 0. The summed E-state index contributed by atoms with van der Waals surface area (Å²) in [5, 5.41) is 30.5. The van der Waals surface area contributed by atoms with Crippen LogP contribution in [0.5, 0.6) is 0 Å². The first-order valence-electron chi connectivity index (χ1n) is 12.1. The number of hydrogen-bond donors (Lipinski definition) is 3. The molecule has 31 heavy (non-hydrogen) atoms. The average Bonchev–Trinajstić information content (AvgIpc) is 3.37. The van der Waals surface area contributed by atoms with Crippen LogP contribution < -0.4 is 0 Å². The monoisotopic (exact) mass is 428 g/mol. The Morgan fingerprint density at radius 2 is 1.90 bits per heavy atom. The van der Waals surface area contributed by atoms with E-state index in [-0.39, 0.29) is 11.0 Å². The molecule has 0 bridgehead atoms. The SMILES string of the molecule is C=C1/C(=C\C=C2/CCC[C@]3(C)[C@@H]([C@H](C)/C=C/[C@H](O)[C@]4(C)CO4)CC[C@@H]23)C[C@@H](O)C[C@@H]1O. The summed E-state index contributed by atoms with van der Waals surface area (Å²) in [5.74, 6) is 1.62. The molecule has 1 aliphatic heterocycles. The van der Waals surface area contributed by atoms with Crippen LogP contribution in [0, 0.1) is 23.2 Å². The topological polar surface area (TPSA) is 73.2 Å². The summed E-state index contributed by atoms with van der Waals surface area (Å²) in [4.78, 5) is 0. The van der Waals surface area contributed by atoms with Crippen LogP contribution in [0.3, 0.4) is 0 Å². The molecule has 1 saturated heterocycles. The largest absolute Gasteiger partial charge is 0.393 e. The molecule has 1 heterocycles. The predicted octanol–water partition coefficient (Wildman–Crippen LogP) is 4.47. The van der Waals surface area contributed by atoms with E-state index in [0.29, 0.717) is 37.2 Å². The highest BCUT2D eigenvalue weighted by Crippen LogP contribution is 2.59. The number of rotatable bonds is 5. The standard InChI is InChI=1S/C27H40O4/c1-17(7-12-25(30)27(4)16-31-27)22-10-11-23-19(6-5-13-26(22,23)3)8-9-20-14-21(28)15-24(29)18(20)2/h7-9,12,17,21-25,28-30H,2,5-6,10-11,13-16H2,1,3-4H3/b12-7+,19-8+,20-9-/t17-,21-,22-,23+,24+,25+,26-,27+/m1/s1. The van der Waals surface area contributed by atoms with Gasteiger partial charge in [0.25, 0.3) is 0 Å². The summed E-state index contributed by atoms with van der Waals surface area (Å²) < 4.78 is 5.38. The Bertz CT molecular complexity index is 789. The smallest absolute Gasteiger partial charge is 0.118 e. The molecule has 4 rings (SSSR count). The zero-order valence-electron chi connectivity index (χ0n) is 19.4. The van der Waals surface area contributed by atoms with Crippen LogP contribution in [0.4, 0.5) is 0 Å². The van der Waals surface area contributed by atoms with E-state index in [9.17, 15) is 15.3 Å². The van der Waals surface area contributed by atoms with Crippen LogP contribution in [0.25, 0.3) is 0 Å². The van der Waals surface area contributed by atoms with E-state index < -0.39 is 18.3 Å². The highest BCUT2D eigenvalue weighted by atomic mass is 16.6. The van der Waals surface area contributed by atoms with Gasteiger partial charge in [-0.2, -0.15) is 0 Å². The fourth-order valence-electron chi connectivity index (χ4n) is 6.51. The number of aliphatic hydroxyl groups excluding tert-OH is 3. The summed E-state index contributed by atoms with van der Waals surface area (Å²) in [6.45, 7) is 11.4. The van der Waals surface area contributed by atoms with Crippen molar-refractivity contribution in [3.05, 3.63) is 47.6 Å². The van der Waals surface area contributed by atoms with Crippen LogP contribution in [-0.4, -0.2) is 45.8 Å². The van der Waals surface area contributed by atoms with Gasteiger partial charge in [-0.25, -0.2) is 0 Å². The first kappa shape index (κ1) is 23.0. The Labute approximate surface area is 187 Å². The van der Waals surface area contributed by atoms with Crippen LogP contribution >= 0.6 is 0 Å². The summed E-state index contributed by atoms with van der Waals surface area (Å²) in [5.41, 5.74) is 3.16. The lowest BCUT2D eigenvalue weighted by Crippen LogP contribution is -2.35. The maximum absolute atomic E-state index is 10.4. The molecule has 4 heteroatoms. The Kier molecular flexibility index (Phi) is 6.39. The van der Waals surface area contributed by atoms with Crippen molar-refractivity contribution in [2.24, 2.45) is 23.2 Å². The Morgan fingerprint density at radius 1 is 1.16 bits per heavy atom. The Hall–Kier alpha value is -1.20. The highest BCUT2D eigenvalue weighted by molar-refractivity contribution is 5.38. The van der Waals surface area contributed by atoms with Crippen molar-refractivity contribution < 1.29 is 20.1 Å². The van der Waals surface area contributed by atoms with Crippen molar-refractivity contribution in [1.29, 1.82) is 0 Å². The van der Waals surface area contributed by atoms with Gasteiger partial charge in [0.15, 0.2) is 0 Å². The molecule has 0 radical (unpaired) electrons. The minimum atomic E-state index is -0.632. The van der Waals surface area contributed by atoms with E-state index >= 15 is 0 Å². The molecular formula is C27H40O4. The summed E-state index contributed by atoms with van der Waals surface area (Å²) in [7, 11) is 0. The second-order valence-corrected chi connectivity index (χ2v) is 11.0. The predicted molar refractivity (Wildman–Crippen MR) is 123 cm³/mol. The molecule has 172 valence electrons. The van der Waals surface area contributed by atoms with Gasteiger partial charge in [-0.15, -0.1) is 0 Å². The van der Waals surface area contributed by atoms with Crippen LogP contribution in [0.1, 0.15) is 65.7 Å². The summed E-state index contributed by atoms with van der Waals surface area (Å²) in [6.07, 6.45) is 13.9. The average molecular weight is 429 g/mol. The van der Waals surface area contributed by atoms with E-state index in [0.717, 1.165) is 17.6 Å². The quantitative estimate of drug-likeness (QED) is 0.446. The Balaban J connectivity index is 1.48. The number of allylic oxidation sites excluding steroid dienone is 4. The van der Waals surface area contributed by atoms with Crippen molar-refractivity contribution in [1.82, 2.24) is 0 Å². The minimum Gasteiger partial charge on any atom is -0.393 e. The number of hydrogen-bond acceptors (Lipinski definition) is 4. The molecule has 3 N–H and O–H groups in total. The normalized spacial score (nSPS) is 45.3. The summed E-state index contributed by atoms with van der Waals surface area (Å²) >= 11 is 0. The zero-order chi connectivity index (χ0) is 22.4. The van der Waals surface area contributed by atoms with Crippen molar-refractivity contribution in [3.63, 3.8) is 0 Å². The van der Waals surface area contributed by atoms with Gasteiger partial charge in [0, 0.05) is 6.42 Å². The van der Waals surface area contributed by atoms with Crippen molar-refractivity contribution in [2.75, 3.05) is 6.61 Å². The van der Waals surface area contributed by atoms with Crippen molar-refractivity contribution in [3.8, 4) is 0 Å². The maximum Gasteiger partial charge on any atom is 0.118 e. The fourth-order valence-corrected chi connectivity index (χ4v) is 6.51. The first-order chi connectivity index (χ1) is 14.6. The second-order valence-electron chi connectivity index (χ2n) is 11.0. The number of fused-ring (bicyclic) bond motifs is 1. The van der Waals surface area contributed by atoms with Gasteiger partial charge < -0.3 is 20.1 Å². The zero-order valence-corrected chi connectivity index (χ0v) is 19.4. The molecule has 4 fully saturated rings.